The van der Waals surface area contributed by atoms with Gasteiger partial charge in [-0.25, -0.2) is 0 Å². The Labute approximate surface area is 258 Å². The molecule has 3 rings (SSSR count). The van der Waals surface area contributed by atoms with Crippen molar-refractivity contribution in [3.8, 4) is 11.8 Å². The van der Waals surface area contributed by atoms with Crippen molar-refractivity contribution in [3.05, 3.63) is 64.2 Å². The molecule has 6 heteroatoms. The van der Waals surface area contributed by atoms with E-state index in [2.05, 4.69) is 123 Å². The molecule has 1 fully saturated rings. The molecule has 0 aromatic heterocycles. The third-order valence-corrected chi connectivity index (χ3v) is 10.5. The van der Waals surface area contributed by atoms with E-state index in [0.717, 1.165) is 36.7 Å². The molecule has 2 aromatic carbocycles. The molecule has 0 saturated carbocycles. The minimum atomic E-state index is -1.76. The van der Waals surface area contributed by atoms with E-state index in [0.29, 0.717) is 13.2 Å². The number of hydrogen-bond donors (Lipinski definition) is 0. The molecule has 2 aromatic rings. The lowest BCUT2D eigenvalue weighted by molar-refractivity contribution is -0.114. The Morgan fingerprint density at radius 1 is 0.881 bits per heavy atom. The standard InChI is InChI=1S/C36H54BO4Si/c1-13-36(14-2,31-17-18-32(28(4)26-31)37-40-34(7,8)33(5,6)38-9)30-16-15-29(27(3)25-30)19-20-35(41-42(10,11)12)21-23-39-24-22-35/h15-18,25-26H,13-14,21-24H2,1-12H3. The topological polar surface area (TPSA) is 36.9 Å². The average molecular weight is 590 g/mol. The van der Waals surface area contributed by atoms with Gasteiger partial charge in [0.2, 0.25) is 0 Å². The minimum Gasteiger partial charge on any atom is -0.427 e. The van der Waals surface area contributed by atoms with Crippen molar-refractivity contribution in [1.82, 2.24) is 0 Å². The number of rotatable bonds is 11. The van der Waals surface area contributed by atoms with Crippen molar-refractivity contribution >= 4 is 21.3 Å². The van der Waals surface area contributed by atoms with Crippen LogP contribution in [0.25, 0.3) is 0 Å². The number of benzene rings is 2. The molecular formula is C36H54BO4Si. The number of ether oxygens (including phenoxy) is 2. The molecule has 1 radical (unpaired) electrons. The van der Waals surface area contributed by atoms with Crippen LogP contribution in [0.2, 0.25) is 19.6 Å². The van der Waals surface area contributed by atoms with Gasteiger partial charge >= 0.3 is 7.48 Å². The van der Waals surface area contributed by atoms with Crippen molar-refractivity contribution in [1.29, 1.82) is 0 Å². The minimum absolute atomic E-state index is 0.0823. The number of aryl methyl sites for hydroxylation is 2. The fraction of sp³-hybridized carbons (Fsp3) is 0.611. The molecule has 1 aliphatic rings. The molecule has 1 heterocycles. The summed E-state index contributed by atoms with van der Waals surface area (Å²) in [5.74, 6) is 7.10. The van der Waals surface area contributed by atoms with Crippen LogP contribution < -0.4 is 5.46 Å². The van der Waals surface area contributed by atoms with Gasteiger partial charge in [-0.1, -0.05) is 67.0 Å². The monoisotopic (exact) mass is 589 g/mol. The number of methoxy groups -OCH3 is 1. The zero-order valence-corrected chi connectivity index (χ0v) is 29.4. The first-order valence-electron chi connectivity index (χ1n) is 15.6. The fourth-order valence-electron chi connectivity index (χ4n) is 5.76. The second kappa shape index (κ2) is 13.4. The Balaban J connectivity index is 1.91. The molecule has 0 atom stereocenters. The highest BCUT2D eigenvalue weighted by molar-refractivity contribution is 6.69. The van der Waals surface area contributed by atoms with Gasteiger partial charge in [0.15, 0.2) is 8.32 Å². The van der Waals surface area contributed by atoms with Crippen LogP contribution in [0.1, 0.15) is 95.0 Å². The zero-order chi connectivity index (χ0) is 31.4. The van der Waals surface area contributed by atoms with Gasteiger partial charge in [-0.2, -0.15) is 0 Å². The van der Waals surface area contributed by atoms with Crippen LogP contribution in [0.15, 0.2) is 36.4 Å². The third-order valence-electron chi connectivity index (χ3n) is 9.48. The van der Waals surface area contributed by atoms with Gasteiger partial charge in [-0.3, -0.25) is 0 Å². The van der Waals surface area contributed by atoms with Crippen LogP contribution in [0, 0.1) is 25.7 Å². The quantitative estimate of drug-likeness (QED) is 0.200. The second-order valence-electron chi connectivity index (χ2n) is 13.9. The summed E-state index contributed by atoms with van der Waals surface area (Å²) in [5, 5.41) is 0. The first kappa shape index (κ1) is 34.6. The van der Waals surface area contributed by atoms with Gasteiger partial charge in [-0.15, -0.1) is 0 Å². The zero-order valence-electron chi connectivity index (χ0n) is 28.4. The van der Waals surface area contributed by atoms with Crippen LogP contribution in [-0.4, -0.2) is 52.9 Å². The maximum absolute atomic E-state index is 6.64. The predicted molar refractivity (Wildman–Crippen MR) is 179 cm³/mol. The lowest BCUT2D eigenvalue weighted by atomic mass is 9.68. The highest BCUT2D eigenvalue weighted by Crippen LogP contribution is 2.40. The summed E-state index contributed by atoms with van der Waals surface area (Å²) in [6, 6.07) is 13.6. The second-order valence-corrected chi connectivity index (χ2v) is 18.4. The summed E-state index contributed by atoms with van der Waals surface area (Å²) in [7, 11) is 1.85. The first-order chi connectivity index (χ1) is 19.5. The molecule has 4 nitrogen and oxygen atoms in total. The third kappa shape index (κ3) is 7.79. The lowest BCUT2D eigenvalue weighted by Crippen LogP contribution is -2.50. The largest absolute Gasteiger partial charge is 0.427 e. The summed E-state index contributed by atoms with van der Waals surface area (Å²) in [4.78, 5) is 0. The van der Waals surface area contributed by atoms with Crippen LogP contribution in [0.4, 0.5) is 0 Å². The SMILES string of the molecule is CCC(CC)(c1ccc([B]OC(C)(C)C(C)(C)OC)c(C)c1)c1ccc(C#CC2(O[Si](C)(C)C)CCOCC2)c(C)c1. The van der Waals surface area contributed by atoms with Gasteiger partial charge in [-0.05, 0) is 96.8 Å². The Bertz CT molecular complexity index is 1270. The van der Waals surface area contributed by atoms with E-state index < -0.39 is 25.1 Å². The van der Waals surface area contributed by atoms with Gasteiger partial charge in [0.05, 0.1) is 24.4 Å². The predicted octanol–water partition coefficient (Wildman–Crippen LogP) is 7.63. The Morgan fingerprint density at radius 3 is 1.95 bits per heavy atom. The summed E-state index contributed by atoms with van der Waals surface area (Å²) >= 11 is 0. The van der Waals surface area contributed by atoms with Gasteiger partial charge < -0.3 is 18.6 Å². The van der Waals surface area contributed by atoms with Gasteiger partial charge in [0.1, 0.15) is 5.60 Å². The molecule has 42 heavy (non-hydrogen) atoms. The molecular weight excluding hydrogens is 535 g/mol. The van der Waals surface area contributed by atoms with E-state index in [-0.39, 0.29) is 5.41 Å². The average Bonchev–Trinajstić information content (AvgIpc) is 2.92. The number of hydrogen-bond acceptors (Lipinski definition) is 4. The molecule has 0 bridgehead atoms. The maximum atomic E-state index is 6.64. The van der Waals surface area contributed by atoms with E-state index in [1.54, 1.807) is 7.11 Å². The van der Waals surface area contributed by atoms with Crippen molar-refractivity contribution in [2.45, 2.75) is 123 Å². The molecule has 1 saturated heterocycles. The fourth-order valence-corrected chi connectivity index (χ4v) is 7.19. The Morgan fingerprint density at radius 2 is 1.45 bits per heavy atom. The van der Waals surface area contributed by atoms with E-state index in [9.17, 15) is 0 Å². The first-order valence-corrected chi connectivity index (χ1v) is 19.0. The summed E-state index contributed by atoms with van der Waals surface area (Å²) in [6.45, 7) is 25.3. The van der Waals surface area contributed by atoms with Gasteiger partial charge in [0, 0.05) is 30.9 Å². The Kier molecular flexibility index (Phi) is 11.0. The molecule has 0 spiro atoms. The van der Waals surface area contributed by atoms with Crippen LogP contribution in [-0.2, 0) is 24.0 Å². The molecule has 229 valence electrons. The van der Waals surface area contributed by atoms with Crippen LogP contribution in [0.3, 0.4) is 0 Å². The molecule has 0 amide bonds. The van der Waals surface area contributed by atoms with Crippen LogP contribution in [0.5, 0.6) is 0 Å². The van der Waals surface area contributed by atoms with E-state index in [1.165, 1.54) is 22.3 Å². The highest BCUT2D eigenvalue weighted by atomic mass is 28.4. The molecule has 0 N–H and O–H groups in total. The molecule has 0 unspecified atom stereocenters. The van der Waals surface area contributed by atoms with Crippen molar-refractivity contribution < 1.29 is 18.6 Å². The molecule has 0 aliphatic carbocycles. The van der Waals surface area contributed by atoms with Crippen LogP contribution >= 0.6 is 0 Å². The normalized spacial score (nSPS) is 16.1. The Hall–Kier alpha value is -1.88. The highest BCUT2D eigenvalue weighted by Gasteiger charge is 2.39. The van der Waals surface area contributed by atoms with E-state index >= 15 is 0 Å². The van der Waals surface area contributed by atoms with Gasteiger partial charge in [0.25, 0.3) is 0 Å². The maximum Gasteiger partial charge on any atom is 0.331 e. The lowest BCUT2D eigenvalue weighted by Gasteiger charge is -2.40. The summed E-state index contributed by atoms with van der Waals surface area (Å²) in [5.41, 5.74) is 5.86. The van der Waals surface area contributed by atoms with Crippen molar-refractivity contribution in [2.24, 2.45) is 0 Å². The van der Waals surface area contributed by atoms with Crippen molar-refractivity contribution in [3.63, 3.8) is 0 Å². The van der Waals surface area contributed by atoms with Crippen molar-refractivity contribution in [2.75, 3.05) is 20.3 Å². The molecule has 1 aliphatic heterocycles. The summed E-state index contributed by atoms with van der Waals surface area (Å²) < 4.78 is 24.3. The van der Waals surface area contributed by atoms with E-state index in [1.807, 2.05) is 7.48 Å². The summed E-state index contributed by atoms with van der Waals surface area (Å²) in [6.07, 6.45) is 3.68. The van der Waals surface area contributed by atoms with E-state index in [4.69, 9.17) is 18.6 Å². The smallest absolute Gasteiger partial charge is 0.331 e.